The molecule has 0 saturated carbocycles. The molecule has 0 unspecified atom stereocenters. The van der Waals surface area contributed by atoms with E-state index in [9.17, 15) is 0 Å². The minimum absolute atomic E-state index is 0.0938. The first-order chi connectivity index (χ1) is 23.7. The Morgan fingerprint density at radius 1 is 0.688 bits per heavy atom. The number of fused-ring (bicyclic) bond motifs is 9. The van der Waals surface area contributed by atoms with Crippen molar-refractivity contribution < 1.29 is 0 Å². The minimum atomic E-state index is -2.23. The van der Waals surface area contributed by atoms with E-state index in [0.717, 1.165) is 12.4 Å². The fourth-order valence-electron chi connectivity index (χ4n) is 10.0. The Kier molecular flexibility index (Phi) is 4.49. The average Bonchev–Trinajstić information content (AvgIpc) is 4.06. The summed E-state index contributed by atoms with van der Waals surface area (Å²) in [5, 5.41) is 4.24. The normalized spacial score (nSPS) is 20.5. The van der Waals surface area contributed by atoms with Crippen molar-refractivity contribution in [2.45, 2.75) is 5.41 Å². The van der Waals surface area contributed by atoms with E-state index in [1.807, 2.05) is 0 Å². The fraction of sp³-hybridized carbons (Fsp3) is 0.0270. The summed E-state index contributed by atoms with van der Waals surface area (Å²) in [5.74, 6) is 0. The molecule has 6 aromatic carbocycles. The number of rotatable bonds is 4. The summed E-state index contributed by atoms with van der Waals surface area (Å²) in [6, 6.07) is 53.3. The quantitative estimate of drug-likeness (QED) is 0.190. The Morgan fingerprint density at radius 2 is 1.35 bits per heavy atom. The Balaban J connectivity index is 1.14. The van der Waals surface area contributed by atoms with Crippen LogP contribution in [0.3, 0.4) is 0 Å². The van der Waals surface area contributed by atoms with Crippen molar-refractivity contribution in [2.75, 3.05) is 0 Å². The van der Waals surface area contributed by atoms with Crippen molar-refractivity contribution in [3.05, 3.63) is 162 Å². The van der Waals surface area contributed by atoms with Crippen molar-refractivity contribution in [1.29, 1.82) is 0 Å². The SMILES string of the molecule is [B]1B2[B-]P12(N=[P+]1B2[B-]B21)c1ccc2c(c1)c1cccc3c1n2-c1cccc2c1B3c1ccccc1C2(c1ccccc1)c1ccccc1. The second-order valence-corrected chi connectivity index (χ2v) is 21.7. The third kappa shape index (κ3) is 2.85. The third-order valence-electron chi connectivity index (χ3n) is 12.6. The zero-order valence-electron chi connectivity index (χ0n) is 26.1. The van der Waals surface area contributed by atoms with Gasteiger partial charge in [0, 0.05) is 0 Å². The van der Waals surface area contributed by atoms with Crippen LogP contribution in [0.5, 0.6) is 0 Å². The summed E-state index contributed by atoms with van der Waals surface area (Å²) in [5.41, 5.74) is 13.2. The summed E-state index contributed by atoms with van der Waals surface area (Å²) >= 11 is 0. The zero-order chi connectivity index (χ0) is 31.0. The van der Waals surface area contributed by atoms with Crippen molar-refractivity contribution in [1.82, 2.24) is 4.57 Å². The van der Waals surface area contributed by atoms with Crippen LogP contribution in [0.4, 0.5) is 0 Å². The van der Waals surface area contributed by atoms with Crippen LogP contribution in [0, 0.1) is 0 Å². The van der Waals surface area contributed by atoms with Gasteiger partial charge in [-0.15, -0.1) is 0 Å². The first-order valence-electron chi connectivity index (χ1n) is 17.2. The molecule has 11 heteroatoms. The number of hydrogen-bond donors (Lipinski definition) is 0. The Hall–Kier alpha value is -3.90. The van der Waals surface area contributed by atoms with Crippen molar-refractivity contribution in [3.8, 4) is 5.69 Å². The van der Waals surface area contributed by atoms with Gasteiger partial charge in [-0.25, -0.2) is 0 Å². The molecule has 0 N–H and O–H groups in total. The van der Waals surface area contributed by atoms with Gasteiger partial charge in [0.15, 0.2) is 0 Å². The first kappa shape index (κ1) is 26.0. The third-order valence-corrected chi connectivity index (χ3v) is 21.0. The molecule has 0 bridgehead atoms. The van der Waals surface area contributed by atoms with Gasteiger partial charge < -0.3 is 0 Å². The molecule has 13 rings (SSSR count). The van der Waals surface area contributed by atoms with Crippen LogP contribution in [-0.2, 0) is 5.41 Å². The van der Waals surface area contributed by atoms with Crippen LogP contribution in [-0.4, -0.2) is 50.8 Å². The molecule has 5 radical (unpaired) electrons. The monoisotopic (exact) mass is 634 g/mol. The molecule has 0 aliphatic carbocycles. The van der Waals surface area contributed by atoms with Crippen LogP contribution in [0.15, 0.2) is 144 Å². The molecular weight excluding hydrogens is 610 g/mol. The van der Waals surface area contributed by atoms with E-state index in [2.05, 4.69) is 165 Å². The number of benzene rings is 6. The van der Waals surface area contributed by atoms with E-state index < -0.39 is 11.8 Å². The van der Waals surface area contributed by atoms with E-state index in [0.29, 0.717) is 6.21 Å². The summed E-state index contributed by atoms with van der Waals surface area (Å²) in [6.07, 6.45) is 0.118. The van der Waals surface area contributed by atoms with Gasteiger partial charge in [-0.2, -0.15) is 0 Å². The fourth-order valence-corrected chi connectivity index (χ4v) is 19.1. The Bertz CT molecular complexity index is 2620. The summed E-state index contributed by atoms with van der Waals surface area (Å²) in [7, 11) is 2.40. The van der Waals surface area contributed by atoms with Gasteiger partial charge in [0.05, 0.1) is 0 Å². The molecule has 7 heterocycles. The maximum absolute atomic E-state index is 5.71. The molecule has 4 fully saturated rings. The number of nitrogens with zero attached hydrogens (tertiary/aromatic N) is 2. The molecule has 6 aliphatic rings. The number of aromatic nitrogens is 1. The van der Waals surface area contributed by atoms with Gasteiger partial charge in [-0.1, -0.05) is 12.1 Å². The van der Waals surface area contributed by atoms with Gasteiger partial charge >= 0.3 is 273 Å². The number of para-hydroxylation sites is 1. The van der Waals surface area contributed by atoms with Gasteiger partial charge in [-0.05, 0) is 0 Å². The molecule has 0 atom stereocenters. The summed E-state index contributed by atoms with van der Waals surface area (Å²) in [6.45, 7) is 5.40. The van der Waals surface area contributed by atoms with E-state index in [1.54, 1.807) is 0 Å². The van der Waals surface area contributed by atoms with E-state index in [1.165, 1.54) is 71.4 Å². The van der Waals surface area contributed by atoms with Gasteiger partial charge in [0.2, 0.25) is 0 Å². The van der Waals surface area contributed by atoms with E-state index >= 15 is 0 Å². The van der Waals surface area contributed by atoms with Crippen LogP contribution >= 0.6 is 13.9 Å². The molecule has 7 aromatic rings. The molecule has 0 spiro atoms. The van der Waals surface area contributed by atoms with Gasteiger partial charge in [0.1, 0.15) is 0 Å². The second kappa shape index (κ2) is 8.27. The first-order valence-corrected chi connectivity index (χ1v) is 21.1. The molecule has 0 amide bonds. The molecule has 2 nitrogen and oxygen atoms in total. The maximum atomic E-state index is 5.71. The molecule has 1 aromatic heterocycles. The molecular formula is C37H23B7N2P2-. The Morgan fingerprint density at radius 3 is 2.06 bits per heavy atom. The van der Waals surface area contributed by atoms with Crippen LogP contribution in [0.25, 0.3) is 27.5 Å². The average molecular weight is 633 g/mol. The second-order valence-electron chi connectivity index (χ2n) is 14.7. The Labute approximate surface area is 284 Å². The number of hydrogen-bond acceptors (Lipinski definition) is 1. The van der Waals surface area contributed by atoms with Gasteiger partial charge in [0.25, 0.3) is 0 Å². The summed E-state index contributed by atoms with van der Waals surface area (Å²) in [4.78, 5) is 0. The molecule has 4 saturated heterocycles. The van der Waals surface area contributed by atoms with Gasteiger partial charge in [-0.3, -0.25) is 0 Å². The zero-order valence-corrected chi connectivity index (χ0v) is 27.9. The van der Waals surface area contributed by atoms with E-state index in [-0.39, 0.29) is 14.2 Å². The predicted octanol–water partition coefficient (Wildman–Crippen LogP) is 5.11. The molecule has 6 aliphatic heterocycles. The van der Waals surface area contributed by atoms with Crippen LogP contribution in [0.2, 0.25) is 0 Å². The standard InChI is InChI=1S/C37H23B7N2P2/c1-3-11-24(12-4-1)37(25-13-5-2-6-14-25)29-16-7-8-18-31(29)41-32-19-9-15-27-28-23-26(48(39-42(48)40-48)45-47-43-38-44(43)47)21-22-33(28)46(36(27)32)34-20-10-17-30(37)35(34)41/h1-23H/q-1. The van der Waals surface area contributed by atoms with Crippen molar-refractivity contribution in [3.63, 3.8) is 0 Å². The van der Waals surface area contributed by atoms with Crippen molar-refractivity contribution in [2.24, 2.45) is 4.52 Å². The predicted molar refractivity (Wildman–Crippen MR) is 214 cm³/mol. The molecule has 213 valence electrons. The topological polar surface area (TPSA) is 17.3 Å². The summed E-state index contributed by atoms with van der Waals surface area (Å²) < 4.78 is 8.32. The van der Waals surface area contributed by atoms with Crippen LogP contribution < -0.4 is 21.7 Å². The van der Waals surface area contributed by atoms with Crippen molar-refractivity contribution >= 4 is 104 Å². The van der Waals surface area contributed by atoms with Crippen LogP contribution in [0.1, 0.15) is 22.3 Å². The van der Waals surface area contributed by atoms with E-state index in [4.69, 9.17) is 4.52 Å². The molecule has 48 heavy (non-hydrogen) atoms.